The maximum atomic E-state index is 6.77. The van der Waals surface area contributed by atoms with Crippen molar-refractivity contribution in [3.8, 4) is 0 Å². The van der Waals surface area contributed by atoms with Gasteiger partial charge < -0.3 is 4.74 Å². The molecule has 0 N–H and O–H groups in total. The van der Waals surface area contributed by atoms with Crippen LogP contribution in [0.25, 0.3) is 0 Å². The Morgan fingerprint density at radius 1 is 0.371 bits per heavy atom. The van der Waals surface area contributed by atoms with Gasteiger partial charge in [-0.15, -0.1) is 0 Å². The zero-order valence-electron chi connectivity index (χ0n) is 17.5. The molecule has 0 aliphatic heterocycles. The molecule has 0 aromatic heterocycles. The van der Waals surface area contributed by atoms with Crippen molar-refractivity contribution >= 4 is 92.8 Å². The van der Waals surface area contributed by atoms with E-state index < -0.39 is 12.2 Å². The number of ether oxygens (including phenoxy) is 1. The fourth-order valence-electron chi connectivity index (χ4n) is 3.62. The Morgan fingerprint density at radius 2 is 0.600 bits per heavy atom. The molecule has 0 atom stereocenters. The predicted octanol–water partition coefficient (Wildman–Crippen LogP) is 11.8. The van der Waals surface area contributed by atoms with E-state index in [4.69, 9.17) is 97.5 Å². The molecule has 0 bridgehead atoms. The summed E-state index contributed by atoms with van der Waals surface area (Å²) in [5.41, 5.74) is 2.56. The fraction of sp³-hybridized carbons (Fsp3) is 0.0769. The first-order valence-electron chi connectivity index (χ1n) is 10.1. The Labute approximate surface area is 243 Å². The molecule has 0 heterocycles. The first-order valence-corrected chi connectivity index (χ1v) is 13.1. The van der Waals surface area contributed by atoms with Crippen molar-refractivity contribution in [1.29, 1.82) is 0 Å². The minimum Gasteiger partial charge on any atom is -0.356 e. The SMILES string of the molecule is Clc1ccc(C(OC(c2ccc(Cl)cc2Cl)c2ccc(Cl)cc2Cl)c2ccc(Cl)cc2Cl)c(Cl)c1. The van der Waals surface area contributed by atoms with Crippen LogP contribution in [0.2, 0.25) is 40.2 Å². The third-order valence-corrected chi connectivity index (χ3v) is 7.50. The van der Waals surface area contributed by atoms with Crippen LogP contribution in [-0.4, -0.2) is 0 Å². The summed E-state index contributed by atoms with van der Waals surface area (Å²) in [6.07, 6.45) is -1.49. The highest BCUT2D eigenvalue weighted by molar-refractivity contribution is 6.37. The molecule has 9 heteroatoms. The van der Waals surface area contributed by atoms with Crippen molar-refractivity contribution < 1.29 is 4.74 Å². The Balaban J connectivity index is 1.93. The number of rotatable bonds is 6. The van der Waals surface area contributed by atoms with Gasteiger partial charge in [0.05, 0.1) is 0 Å². The standard InChI is InChI=1S/C26H14Cl8O/c27-13-1-5-17(21(31)9-13)25(18-6-2-14(28)10-22(18)32)35-26(19-7-3-15(29)11-23(19)33)20-8-4-16(30)12-24(20)34/h1-12,25-26H. The molecule has 0 saturated carbocycles. The van der Waals surface area contributed by atoms with E-state index in [2.05, 4.69) is 0 Å². The summed E-state index contributed by atoms with van der Waals surface area (Å²) in [5.74, 6) is 0. The Morgan fingerprint density at radius 3 is 0.800 bits per heavy atom. The average Bonchev–Trinajstić information content (AvgIpc) is 2.77. The van der Waals surface area contributed by atoms with Gasteiger partial charge in [-0.1, -0.05) is 117 Å². The topological polar surface area (TPSA) is 9.23 Å². The zero-order chi connectivity index (χ0) is 25.3. The van der Waals surface area contributed by atoms with Crippen LogP contribution in [0.5, 0.6) is 0 Å². The molecule has 0 aliphatic carbocycles. The maximum absolute atomic E-state index is 6.77. The summed E-state index contributed by atoms with van der Waals surface area (Å²) in [7, 11) is 0. The lowest BCUT2D eigenvalue weighted by Crippen LogP contribution is -2.15. The van der Waals surface area contributed by atoms with Crippen LogP contribution >= 0.6 is 92.8 Å². The van der Waals surface area contributed by atoms with Gasteiger partial charge in [-0.3, -0.25) is 0 Å². The molecule has 0 unspecified atom stereocenters. The Bertz CT molecular complexity index is 1180. The van der Waals surface area contributed by atoms with Crippen LogP contribution in [0.15, 0.2) is 72.8 Å². The second kappa shape index (κ2) is 11.7. The number of halogens is 8. The van der Waals surface area contributed by atoms with E-state index in [0.29, 0.717) is 62.4 Å². The third kappa shape index (κ3) is 6.36. The maximum Gasteiger partial charge on any atom is 0.112 e. The van der Waals surface area contributed by atoms with E-state index in [1.54, 1.807) is 72.8 Å². The van der Waals surface area contributed by atoms with Crippen molar-refractivity contribution in [3.63, 3.8) is 0 Å². The number of hydrogen-bond donors (Lipinski definition) is 0. The fourth-order valence-corrected chi connectivity index (χ4v) is 5.65. The van der Waals surface area contributed by atoms with Gasteiger partial charge in [-0.2, -0.15) is 0 Å². The molecule has 4 rings (SSSR count). The van der Waals surface area contributed by atoms with Gasteiger partial charge >= 0.3 is 0 Å². The van der Waals surface area contributed by atoms with Crippen LogP contribution in [0.3, 0.4) is 0 Å². The lowest BCUT2D eigenvalue weighted by atomic mass is 9.97. The van der Waals surface area contributed by atoms with Gasteiger partial charge in [0.1, 0.15) is 12.2 Å². The van der Waals surface area contributed by atoms with Gasteiger partial charge in [0, 0.05) is 62.4 Å². The van der Waals surface area contributed by atoms with E-state index in [-0.39, 0.29) is 0 Å². The quantitative estimate of drug-likeness (QED) is 0.207. The van der Waals surface area contributed by atoms with Gasteiger partial charge in [0.25, 0.3) is 0 Å². The summed E-state index contributed by atoms with van der Waals surface area (Å²) in [6.45, 7) is 0. The molecule has 4 aromatic carbocycles. The lowest BCUT2D eigenvalue weighted by molar-refractivity contribution is 0.0311. The minimum absolute atomic E-state index is 0.400. The first kappa shape index (κ1) is 27.2. The van der Waals surface area contributed by atoms with Gasteiger partial charge in [0.15, 0.2) is 0 Å². The summed E-state index contributed by atoms with van der Waals surface area (Å²) >= 11 is 51.1. The van der Waals surface area contributed by atoms with Crippen molar-refractivity contribution in [2.24, 2.45) is 0 Å². The van der Waals surface area contributed by atoms with Crippen LogP contribution in [0, 0.1) is 0 Å². The molecule has 180 valence electrons. The van der Waals surface area contributed by atoms with Crippen LogP contribution in [0.4, 0.5) is 0 Å². The second-order valence-corrected chi connectivity index (χ2v) is 10.9. The van der Waals surface area contributed by atoms with Gasteiger partial charge in [-0.05, 0) is 48.5 Å². The van der Waals surface area contributed by atoms with E-state index in [1.807, 2.05) is 0 Å². The van der Waals surface area contributed by atoms with E-state index >= 15 is 0 Å². The predicted molar refractivity (Wildman–Crippen MR) is 151 cm³/mol. The highest BCUT2D eigenvalue weighted by Crippen LogP contribution is 2.45. The second-order valence-electron chi connectivity index (χ2n) is 7.56. The Hall–Kier alpha value is -0.840. The van der Waals surface area contributed by atoms with E-state index in [9.17, 15) is 0 Å². The van der Waals surface area contributed by atoms with E-state index in [1.165, 1.54) is 0 Å². The van der Waals surface area contributed by atoms with Crippen molar-refractivity contribution in [3.05, 3.63) is 135 Å². The highest BCUT2D eigenvalue weighted by Gasteiger charge is 2.29. The normalized spacial score (nSPS) is 11.5. The lowest BCUT2D eigenvalue weighted by Gasteiger charge is -2.29. The number of hydrogen-bond acceptors (Lipinski definition) is 1. The zero-order valence-corrected chi connectivity index (χ0v) is 23.6. The van der Waals surface area contributed by atoms with Gasteiger partial charge in [0.2, 0.25) is 0 Å². The summed E-state index contributed by atoms with van der Waals surface area (Å²) in [5, 5.41) is 3.53. The molecular formula is C26H14Cl8O. The minimum atomic E-state index is -0.743. The highest BCUT2D eigenvalue weighted by atomic mass is 35.5. The molecule has 0 spiro atoms. The molecule has 0 saturated heterocycles. The van der Waals surface area contributed by atoms with E-state index in [0.717, 1.165) is 0 Å². The summed E-state index contributed by atoms with van der Waals surface area (Å²) < 4.78 is 6.77. The first-order chi connectivity index (χ1) is 16.6. The molecule has 0 amide bonds. The van der Waals surface area contributed by atoms with Gasteiger partial charge in [-0.25, -0.2) is 0 Å². The third-order valence-electron chi connectivity index (χ3n) is 5.25. The number of benzene rings is 4. The molecule has 35 heavy (non-hydrogen) atoms. The summed E-state index contributed by atoms with van der Waals surface area (Å²) in [4.78, 5) is 0. The molecule has 0 aliphatic rings. The van der Waals surface area contributed by atoms with Crippen molar-refractivity contribution in [1.82, 2.24) is 0 Å². The molecule has 0 fully saturated rings. The van der Waals surface area contributed by atoms with Crippen molar-refractivity contribution in [2.45, 2.75) is 12.2 Å². The molecule has 0 radical (unpaired) electrons. The van der Waals surface area contributed by atoms with Crippen LogP contribution < -0.4 is 0 Å². The monoisotopic (exact) mass is 622 g/mol. The summed E-state index contributed by atoms with van der Waals surface area (Å²) in [6, 6.07) is 20.6. The van der Waals surface area contributed by atoms with Crippen LogP contribution in [0.1, 0.15) is 34.5 Å². The van der Waals surface area contributed by atoms with Crippen molar-refractivity contribution in [2.75, 3.05) is 0 Å². The molecule has 1 nitrogen and oxygen atoms in total. The largest absolute Gasteiger partial charge is 0.356 e. The Kier molecular flexibility index (Phi) is 9.09. The molecular weight excluding hydrogens is 612 g/mol. The average molecular weight is 626 g/mol. The van der Waals surface area contributed by atoms with Crippen LogP contribution in [-0.2, 0) is 4.74 Å². The molecule has 4 aromatic rings. The smallest absolute Gasteiger partial charge is 0.112 e.